The lowest BCUT2D eigenvalue weighted by Gasteiger charge is -2.03. The van der Waals surface area contributed by atoms with Crippen molar-refractivity contribution in [2.24, 2.45) is 0 Å². The summed E-state index contributed by atoms with van der Waals surface area (Å²) in [6.07, 6.45) is 1.88. The van der Waals surface area contributed by atoms with E-state index in [9.17, 15) is 4.79 Å². The van der Waals surface area contributed by atoms with Gasteiger partial charge in [0.05, 0.1) is 24.2 Å². The number of benzene rings is 1. The SMILES string of the molecule is CCCc1nc(-c2cccc(OC)c2)c(CC(=O)O)s1. The van der Waals surface area contributed by atoms with E-state index in [0.717, 1.165) is 39.7 Å². The summed E-state index contributed by atoms with van der Waals surface area (Å²) in [4.78, 5) is 16.4. The number of carboxylic acids is 1. The van der Waals surface area contributed by atoms with Gasteiger partial charge in [0, 0.05) is 10.4 Å². The smallest absolute Gasteiger partial charge is 0.308 e. The van der Waals surface area contributed by atoms with Crippen molar-refractivity contribution in [2.45, 2.75) is 26.2 Å². The first kappa shape index (κ1) is 14.5. The molecule has 0 spiro atoms. The summed E-state index contributed by atoms with van der Waals surface area (Å²) in [7, 11) is 1.61. The van der Waals surface area contributed by atoms with Gasteiger partial charge >= 0.3 is 5.97 Å². The molecule has 0 aliphatic heterocycles. The molecule has 1 heterocycles. The van der Waals surface area contributed by atoms with Gasteiger partial charge in [0.15, 0.2) is 0 Å². The van der Waals surface area contributed by atoms with Crippen LogP contribution in [0.15, 0.2) is 24.3 Å². The zero-order valence-electron chi connectivity index (χ0n) is 11.5. The fraction of sp³-hybridized carbons (Fsp3) is 0.333. The fourth-order valence-electron chi connectivity index (χ4n) is 1.97. The highest BCUT2D eigenvalue weighted by Gasteiger charge is 2.15. The number of aryl methyl sites for hydroxylation is 1. The van der Waals surface area contributed by atoms with Gasteiger partial charge in [-0.3, -0.25) is 4.79 Å². The molecule has 0 fully saturated rings. The van der Waals surface area contributed by atoms with Crippen molar-refractivity contribution in [2.75, 3.05) is 7.11 Å². The molecule has 20 heavy (non-hydrogen) atoms. The molecule has 0 unspecified atom stereocenters. The largest absolute Gasteiger partial charge is 0.497 e. The van der Waals surface area contributed by atoms with Crippen molar-refractivity contribution in [1.29, 1.82) is 0 Å². The Kier molecular flexibility index (Phi) is 4.74. The van der Waals surface area contributed by atoms with Gasteiger partial charge in [-0.05, 0) is 25.0 Å². The predicted molar refractivity (Wildman–Crippen MR) is 79.4 cm³/mol. The quantitative estimate of drug-likeness (QED) is 0.886. The van der Waals surface area contributed by atoms with E-state index in [2.05, 4.69) is 11.9 Å². The molecule has 0 bridgehead atoms. The maximum absolute atomic E-state index is 11.0. The molecule has 0 amide bonds. The Bertz CT molecular complexity index is 607. The van der Waals surface area contributed by atoms with Crippen LogP contribution in [-0.4, -0.2) is 23.2 Å². The summed E-state index contributed by atoms with van der Waals surface area (Å²) < 4.78 is 5.21. The van der Waals surface area contributed by atoms with Crippen LogP contribution in [0.25, 0.3) is 11.3 Å². The Labute approximate surface area is 122 Å². The summed E-state index contributed by atoms with van der Waals surface area (Å²) in [5, 5.41) is 10.0. The second-order valence-electron chi connectivity index (χ2n) is 4.43. The molecule has 0 saturated carbocycles. The van der Waals surface area contributed by atoms with Crippen LogP contribution in [0.4, 0.5) is 0 Å². The van der Waals surface area contributed by atoms with E-state index in [4.69, 9.17) is 9.84 Å². The molecule has 0 saturated heterocycles. The van der Waals surface area contributed by atoms with Crippen molar-refractivity contribution in [3.8, 4) is 17.0 Å². The third-order valence-corrected chi connectivity index (χ3v) is 3.98. The number of hydrogen-bond donors (Lipinski definition) is 1. The van der Waals surface area contributed by atoms with Gasteiger partial charge in [0.2, 0.25) is 0 Å². The molecule has 5 heteroatoms. The topological polar surface area (TPSA) is 59.4 Å². The summed E-state index contributed by atoms with van der Waals surface area (Å²) in [6.45, 7) is 2.09. The first-order chi connectivity index (χ1) is 9.63. The third kappa shape index (κ3) is 3.36. The molecule has 1 aromatic heterocycles. The van der Waals surface area contributed by atoms with Gasteiger partial charge in [-0.2, -0.15) is 0 Å². The first-order valence-electron chi connectivity index (χ1n) is 6.48. The molecular formula is C15H17NO3S. The van der Waals surface area contributed by atoms with Crippen LogP contribution in [0.1, 0.15) is 23.2 Å². The van der Waals surface area contributed by atoms with Gasteiger partial charge in [-0.25, -0.2) is 4.98 Å². The first-order valence-corrected chi connectivity index (χ1v) is 7.30. The molecule has 1 aromatic carbocycles. The minimum atomic E-state index is -0.833. The average Bonchev–Trinajstić information content (AvgIpc) is 2.81. The van der Waals surface area contributed by atoms with E-state index in [1.165, 1.54) is 11.3 Å². The van der Waals surface area contributed by atoms with Crippen molar-refractivity contribution < 1.29 is 14.6 Å². The van der Waals surface area contributed by atoms with Crippen molar-refractivity contribution in [1.82, 2.24) is 4.98 Å². The van der Waals surface area contributed by atoms with Gasteiger partial charge in [0.25, 0.3) is 0 Å². The summed E-state index contributed by atoms with van der Waals surface area (Å²) >= 11 is 1.49. The Morgan fingerprint density at radius 1 is 1.45 bits per heavy atom. The third-order valence-electron chi connectivity index (χ3n) is 2.86. The minimum absolute atomic E-state index is 0.00786. The Morgan fingerprint density at radius 3 is 2.90 bits per heavy atom. The lowest BCUT2D eigenvalue weighted by molar-refractivity contribution is -0.136. The monoisotopic (exact) mass is 291 g/mol. The zero-order chi connectivity index (χ0) is 14.5. The molecule has 0 aliphatic rings. The van der Waals surface area contributed by atoms with Crippen LogP contribution in [0.2, 0.25) is 0 Å². The highest BCUT2D eigenvalue weighted by molar-refractivity contribution is 7.12. The fourth-order valence-corrected chi connectivity index (χ4v) is 3.16. The molecule has 0 atom stereocenters. The van der Waals surface area contributed by atoms with Crippen LogP contribution < -0.4 is 4.74 Å². The number of aliphatic carboxylic acids is 1. The second-order valence-corrected chi connectivity index (χ2v) is 5.60. The summed E-state index contributed by atoms with van der Waals surface area (Å²) in [6, 6.07) is 7.56. The van der Waals surface area contributed by atoms with Crippen LogP contribution >= 0.6 is 11.3 Å². The summed E-state index contributed by atoms with van der Waals surface area (Å²) in [5.41, 5.74) is 1.67. The molecule has 0 aliphatic carbocycles. The van der Waals surface area contributed by atoms with Crippen LogP contribution in [0, 0.1) is 0 Å². The standard InChI is InChI=1S/C15H17NO3S/c1-3-5-13-16-15(12(20-13)9-14(17)18)10-6-4-7-11(8-10)19-2/h4,6-8H,3,5,9H2,1-2H3,(H,17,18). The van der Waals surface area contributed by atoms with E-state index in [0.29, 0.717) is 0 Å². The number of thiazole rings is 1. The molecule has 106 valence electrons. The number of ether oxygens (including phenoxy) is 1. The molecule has 0 radical (unpaired) electrons. The second kappa shape index (κ2) is 6.52. The average molecular weight is 291 g/mol. The maximum Gasteiger partial charge on any atom is 0.308 e. The highest BCUT2D eigenvalue weighted by atomic mass is 32.1. The number of hydrogen-bond acceptors (Lipinski definition) is 4. The molecular weight excluding hydrogens is 274 g/mol. The number of rotatable bonds is 6. The lowest BCUT2D eigenvalue weighted by atomic mass is 10.1. The van der Waals surface area contributed by atoms with Crippen LogP contribution in [-0.2, 0) is 17.6 Å². The van der Waals surface area contributed by atoms with E-state index >= 15 is 0 Å². The van der Waals surface area contributed by atoms with E-state index in [1.807, 2.05) is 24.3 Å². The zero-order valence-corrected chi connectivity index (χ0v) is 12.4. The lowest BCUT2D eigenvalue weighted by Crippen LogP contribution is -1.99. The van der Waals surface area contributed by atoms with Crippen molar-refractivity contribution >= 4 is 17.3 Å². The number of carbonyl (C=O) groups is 1. The molecule has 2 rings (SSSR count). The van der Waals surface area contributed by atoms with E-state index < -0.39 is 5.97 Å². The van der Waals surface area contributed by atoms with E-state index in [1.54, 1.807) is 7.11 Å². The molecule has 4 nitrogen and oxygen atoms in total. The normalized spacial score (nSPS) is 10.5. The molecule has 1 N–H and O–H groups in total. The van der Waals surface area contributed by atoms with Gasteiger partial charge in [0.1, 0.15) is 5.75 Å². The van der Waals surface area contributed by atoms with Gasteiger partial charge < -0.3 is 9.84 Å². The van der Waals surface area contributed by atoms with Gasteiger partial charge in [-0.1, -0.05) is 19.1 Å². The maximum atomic E-state index is 11.0. The number of carboxylic acid groups (broad SMARTS) is 1. The Balaban J connectivity index is 2.43. The van der Waals surface area contributed by atoms with Crippen molar-refractivity contribution in [3.63, 3.8) is 0 Å². The van der Waals surface area contributed by atoms with Gasteiger partial charge in [-0.15, -0.1) is 11.3 Å². The Hall–Kier alpha value is -1.88. The minimum Gasteiger partial charge on any atom is -0.497 e. The Morgan fingerprint density at radius 2 is 2.25 bits per heavy atom. The van der Waals surface area contributed by atoms with E-state index in [-0.39, 0.29) is 6.42 Å². The van der Waals surface area contributed by atoms with Crippen molar-refractivity contribution in [3.05, 3.63) is 34.2 Å². The van der Waals surface area contributed by atoms with Crippen LogP contribution in [0.5, 0.6) is 5.75 Å². The summed E-state index contributed by atoms with van der Waals surface area (Å²) in [5.74, 6) is -0.0883. The predicted octanol–water partition coefficient (Wildman–Crippen LogP) is 3.40. The van der Waals surface area contributed by atoms with Crippen LogP contribution in [0.3, 0.4) is 0 Å². The number of aromatic nitrogens is 1. The highest BCUT2D eigenvalue weighted by Crippen LogP contribution is 2.31. The number of methoxy groups -OCH3 is 1. The molecule has 2 aromatic rings. The number of nitrogens with zero attached hydrogens (tertiary/aromatic N) is 1.